The first-order valence-electron chi connectivity index (χ1n) is 7.91. The van der Waals surface area contributed by atoms with Crippen LogP contribution in [0, 0.1) is 0 Å². The third-order valence-electron chi connectivity index (χ3n) is 4.08. The highest BCUT2D eigenvalue weighted by molar-refractivity contribution is 6.00. The van der Waals surface area contributed by atoms with E-state index >= 15 is 0 Å². The monoisotopic (exact) mass is 372 g/mol. The minimum absolute atomic E-state index is 0.150. The Morgan fingerprint density at radius 2 is 1.70 bits per heavy atom. The summed E-state index contributed by atoms with van der Waals surface area (Å²) in [5, 5.41) is 9.42. The molecule has 3 rings (SSSR count). The fourth-order valence-electron chi connectivity index (χ4n) is 2.78. The Bertz CT molecular complexity index is 890. The smallest absolute Gasteiger partial charge is 0.342 e. The van der Waals surface area contributed by atoms with Crippen LogP contribution in [0.2, 0.25) is 0 Å². The van der Waals surface area contributed by atoms with Crippen molar-refractivity contribution in [1.29, 1.82) is 0 Å². The summed E-state index contributed by atoms with van der Waals surface area (Å²) in [6, 6.07) is 10.8. The Kier molecular flexibility index (Phi) is 4.98. The number of cyclic esters (lactones) is 1. The molecule has 1 aliphatic rings. The molecule has 1 heterocycles. The molecule has 8 nitrogen and oxygen atoms in total. The van der Waals surface area contributed by atoms with Gasteiger partial charge in [0.15, 0.2) is 17.4 Å². The largest absolute Gasteiger partial charge is 0.493 e. The average Bonchev–Trinajstić information content (AvgIpc) is 2.96. The number of esters is 2. The number of hydrogen-bond acceptors (Lipinski definition) is 7. The number of ether oxygens (including phenoxy) is 4. The molecule has 2 atom stereocenters. The van der Waals surface area contributed by atoms with Crippen molar-refractivity contribution in [2.45, 2.75) is 12.2 Å². The number of carboxylic acid groups (broad SMARTS) is 1. The van der Waals surface area contributed by atoms with Crippen LogP contribution in [0.3, 0.4) is 0 Å². The second-order valence-electron chi connectivity index (χ2n) is 5.65. The molecule has 0 saturated heterocycles. The maximum absolute atomic E-state index is 12.5. The van der Waals surface area contributed by atoms with Gasteiger partial charge in [-0.15, -0.1) is 0 Å². The molecule has 0 bridgehead atoms. The van der Waals surface area contributed by atoms with Gasteiger partial charge < -0.3 is 24.1 Å². The number of carbonyl (C=O) groups is 3. The molecular weight excluding hydrogens is 356 g/mol. The van der Waals surface area contributed by atoms with Gasteiger partial charge in [-0.3, -0.25) is 9.59 Å². The molecule has 1 aliphatic heterocycles. The number of benzene rings is 2. The van der Waals surface area contributed by atoms with Gasteiger partial charge in [0.1, 0.15) is 0 Å². The van der Waals surface area contributed by atoms with E-state index in [4.69, 9.17) is 18.9 Å². The zero-order valence-corrected chi connectivity index (χ0v) is 14.5. The maximum Gasteiger partial charge on any atom is 0.342 e. The lowest BCUT2D eigenvalue weighted by Crippen LogP contribution is -2.25. The van der Waals surface area contributed by atoms with Crippen LogP contribution < -0.4 is 9.47 Å². The van der Waals surface area contributed by atoms with E-state index in [1.54, 1.807) is 18.2 Å². The molecule has 0 amide bonds. The van der Waals surface area contributed by atoms with Gasteiger partial charge in [0.2, 0.25) is 0 Å². The highest BCUT2D eigenvalue weighted by Gasteiger charge is 2.39. The lowest BCUT2D eigenvalue weighted by Gasteiger charge is -2.17. The Hall–Kier alpha value is -3.55. The van der Waals surface area contributed by atoms with E-state index in [-0.39, 0.29) is 16.7 Å². The molecule has 2 unspecified atom stereocenters. The van der Waals surface area contributed by atoms with Crippen molar-refractivity contribution in [2.24, 2.45) is 0 Å². The minimum Gasteiger partial charge on any atom is -0.493 e. The third-order valence-corrected chi connectivity index (χ3v) is 4.08. The van der Waals surface area contributed by atoms with E-state index in [0.29, 0.717) is 11.5 Å². The first kappa shape index (κ1) is 18.2. The molecule has 27 heavy (non-hydrogen) atoms. The van der Waals surface area contributed by atoms with Crippen LogP contribution in [0.15, 0.2) is 42.5 Å². The Balaban J connectivity index is 1.90. The van der Waals surface area contributed by atoms with Gasteiger partial charge in [-0.05, 0) is 17.7 Å². The molecule has 8 heteroatoms. The maximum atomic E-state index is 12.5. The Labute approximate surface area is 154 Å². The summed E-state index contributed by atoms with van der Waals surface area (Å²) in [5.41, 5.74) is 0.659. The summed E-state index contributed by atoms with van der Waals surface area (Å²) in [7, 11) is 2.83. The first-order chi connectivity index (χ1) is 13.0. The third kappa shape index (κ3) is 3.41. The molecule has 2 aromatic carbocycles. The lowest BCUT2D eigenvalue weighted by atomic mass is 9.99. The Morgan fingerprint density at radius 3 is 2.30 bits per heavy atom. The number of hydrogen-bond donors (Lipinski definition) is 1. The summed E-state index contributed by atoms with van der Waals surface area (Å²) in [5.74, 6) is -4.05. The molecule has 0 spiro atoms. The number of carboxylic acids is 1. The number of fused-ring (bicyclic) bond motifs is 1. The number of methoxy groups -OCH3 is 2. The quantitative estimate of drug-likeness (QED) is 0.608. The predicted molar refractivity (Wildman–Crippen MR) is 90.6 cm³/mol. The lowest BCUT2D eigenvalue weighted by molar-refractivity contribution is -0.172. The standard InChI is InChI=1S/C19H16O8/c1-24-13-8-11-12(9-14(13)25-2)19(26-17(11)22)27-18(23)15(16(20)21)10-6-4-3-5-7-10/h3-9,15,19H,1-2H3,(H,20,21). The summed E-state index contributed by atoms with van der Waals surface area (Å²) in [4.78, 5) is 36.1. The van der Waals surface area contributed by atoms with E-state index in [9.17, 15) is 19.5 Å². The van der Waals surface area contributed by atoms with Gasteiger partial charge in [-0.25, -0.2) is 4.79 Å². The fraction of sp³-hybridized carbons (Fsp3) is 0.211. The van der Waals surface area contributed by atoms with E-state index in [1.807, 2.05) is 0 Å². The molecule has 2 aromatic rings. The fourth-order valence-corrected chi connectivity index (χ4v) is 2.78. The van der Waals surface area contributed by atoms with Crippen LogP contribution in [-0.2, 0) is 19.1 Å². The normalized spacial score (nSPS) is 16.1. The number of carbonyl (C=O) groups excluding carboxylic acids is 2. The van der Waals surface area contributed by atoms with Gasteiger partial charge in [-0.1, -0.05) is 30.3 Å². The van der Waals surface area contributed by atoms with Crippen LogP contribution in [0.4, 0.5) is 0 Å². The second-order valence-corrected chi connectivity index (χ2v) is 5.65. The van der Waals surface area contributed by atoms with E-state index < -0.39 is 30.1 Å². The zero-order valence-electron chi connectivity index (χ0n) is 14.5. The van der Waals surface area contributed by atoms with E-state index in [0.717, 1.165) is 0 Å². The minimum atomic E-state index is -1.55. The zero-order chi connectivity index (χ0) is 19.6. The first-order valence-corrected chi connectivity index (χ1v) is 7.91. The van der Waals surface area contributed by atoms with Crippen LogP contribution in [0.5, 0.6) is 11.5 Å². The Morgan fingerprint density at radius 1 is 1.07 bits per heavy atom. The number of aliphatic carboxylic acids is 1. The van der Waals surface area contributed by atoms with Crippen molar-refractivity contribution < 1.29 is 38.4 Å². The van der Waals surface area contributed by atoms with E-state index in [1.165, 1.54) is 38.5 Å². The molecule has 0 saturated carbocycles. The summed E-state index contributed by atoms with van der Waals surface area (Å²) < 4.78 is 20.6. The molecule has 0 fully saturated rings. The summed E-state index contributed by atoms with van der Waals surface area (Å²) >= 11 is 0. The molecule has 0 aliphatic carbocycles. The van der Waals surface area contributed by atoms with Crippen molar-refractivity contribution in [1.82, 2.24) is 0 Å². The summed E-state index contributed by atoms with van der Waals surface area (Å²) in [6.45, 7) is 0. The van der Waals surface area contributed by atoms with Crippen LogP contribution in [0.25, 0.3) is 0 Å². The second kappa shape index (κ2) is 7.36. The highest BCUT2D eigenvalue weighted by atomic mass is 16.7. The highest BCUT2D eigenvalue weighted by Crippen LogP contribution is 2.40. The summed E-state index contributed by atoms with van der Waals surface area (Å²) in [6.07, 6.45) is -1.37. The molecule has 140 valence electrons. The van der Waals surface area contributed by atoms with Crippen LogP contribution in [-0.4, -0.2) is 37.2 Å². The van der Waals surface area contributed by atoms with Crippen LogP contribution >= 0.6 is 0 Å². The van der Waals surface area contributed by atoms with Gasteiger partial charge in [0.05, 0.1) is 25.3 Å². The SMILES string of the molecule is COc1cc2c(cc1OC)C(OC(=O)C(C(=O)O)c1ccccc1)OC2=O. The number of rotatable bonds is 6. The van der Waals surface area contributed by atoms with Gasteiger partial charge >= 0.3 is 17.9 Å². The van der Waals surface area contributed by atoms with Crippen molar-refractivity contribution >= 4 is 17.9 Å². The van der Waals surface area contributed by atoms with Gasteiger partial charge in [-0.2, -0.15) is 0 Å². The van der Waals surface area contributed by atoms with Crippen molar-refractivity contribution in [3.63, 3.8) is 0 Å². The topological polar surface area (TPSA) is 108 Å². The van der Waals surface area contributed by atoms with Crippen LogP contribution in [0.1, 0.15) is 33.7 Å². The molecule has 0 radical (unpaired) electrons. The van der Waals surface area contributed by atoms with E-state index in [2.05, 4.69) is 0 Å². The van der Waals surface area contributed by atoms with Crippen molar-refractivity contribution in [3.05, 3.63) is 59.2 Å². The molecular formula is C19H16O8. The van der Waals surface area contributed by atoms with Crippen molar-refractivity contribution in [2.75, 3.05) is 14.2 Å². The van der Waals surface area contributed by atoms with Crippen molar-refractivity contribution in [3.8, 4) is 11.5 Å². The van der Waals surface area contributed by atoms with Gasteiger partial charge in [0.25, 0.3) is 6.29 Å². The average molecular weight is 372 g/mol. The molecule has 0 aromatic heterocycles. The predicted octanol–water partition coefficient (Wildman–Crippen LogP) is 2.28. The molecule has 1 N–H and O–H groups in total. The van der Waals surface area contributed by atoms with Gasteiger partial charge in [0, 0.05) is 0 Å².